The van der Waals surface area contributed by atoms with Gasteiger partial charge in [0.25, 0.3) is 0 Å². The van der Waals surface area contributed by atoms with Crippen LogP contribution >= 0.6 is 11.6 Å². The molecule has 0 aromatic heterocycles. The smallest absolute Gasteiger partial charge is 0.237 e. The largest absolute Gasteiger partial charge is 0.506 e. The molecule has 0 aliphatic rings. The minimum atomic E-state index is -3.48. The maximum Gasteiger partial charge on any atom is 0.237 e. The van der Waals surface area contributed by atoms with Crippen LogP contribution in [-0.2, 0) is 10.0 Å². The molecule has 90 valence electrons. The molecule has 1 aromatic rings. The van der Waals surface area contributed by atoms with Gasteiger partial charge in [-0.2, -0.15) is 0 Å². The van der Waals surface area contributed by atoms with Crippen molar-refractivity contribution in [3.8, 4) is 5.75 Å². The molecule has 0 atom stereocenters. The van der Waals surface area contributed by atoms with Crippen LogP contribution in [0.25, 0.3) is 0 Å². The van der Waals surface area contributed by atoms with Gasteiger partial charge in [0.2, 0.25) is 10.0 Å². The van der Waals surface area contributed by atoms with Gasteiger partial charge in [-0.05, 0) is 32.9 Å². The van der Waals surface area contributed by atoms with Crippen LogP contribution in [-0.4, -0.2) is 18.3 Å². The summed E-state index contributed by atoms with van der Waals surface area (Å²) in [7, 11) is -3.48. The number of anilines is 1. The van der Waals surface area contributed by atoms with E-state index >= 15 is 0 Å². The standard InChI is InChI=1S/C10H14ClNO3S/c1-10(2,3)16(14,15)12-7-4-5-8(11)9(13)6-7/h4-6,12-13H,1-3H3. The van der Waals surface area contributed by atoms with E-state index in [9.17, 15) is 13.5 Å². The van der Waals surface area contributed by atoms with Gasteiger partial charge >= 0.3 is 0 Å². The summed E-state index contributed by atoms with van der Waals surface area (Å²) in [6.07, 6.45) is 0. The fraction of sp³-hybridized carbons (Fsp3) is 0.400. The highest BCUT2D eigenvalue weighted by atomic mass is 35.5. The number of aromatic hydroxyl groups is 1. The second-order valence-electron chi connectivity index (χ2n) is 4.38. The monoisotopic (exact) mass is 263 g/mol. The summed E-state index contributed by atoms with van der Waals surface area (Å²) in [6.45, 7) is 4.77. The predicted molar refractivity (Wildman–Crippen MR) is 65.4 cm³/mol. The Hall–Kier alpha value is -0.940. The molecule has 0 heterocycles. The number of sulfonamides is 1. The molecular weight excluding hydrogens is 250 g/mol. The zero-order valence-electron chi connectivity index (χ0n) is 9.28. The van der Waals surface area contributed by atoms with Crippen LogP contribution in [0.15, 0.2) is 18.2 Å². The number of rotatable bonds is 2. The van der Waals surface area contributed by atoms with Crippen molar-refractivity contribution in [1.82, 2.24) is 0 Å². The van der Waals surface area contributed by atoms with Crippen LogP contribution in [0.5, 0.6) is 5.75 Å². The summed E-state index contributed by atoms with van der Waals surface area (Å²) in [6, 6.07) is 4.19. The van der Waals surface area contributed by atoms with E-state index in [0.29, 0.717) is 0 Å². The van der Waals surface area contributed by atoms with Crippen LogP contribution in [0.2, 0.25) is 5.02 Å². The van der Waals surface area contributed by atoms with E-state index < -0.39 is 14.8 Å². The summed E-state index contributed by atoms with van der Waals surface area (Å²) in [4.78, 5) is 0. The van der Waals surface area contributed by atoms with Crippen molar-refractivity contribution < 1.29 is 13.5 Å². The van der Waals surface area contributed by atoms with Crippen molar-refractivity contribution in [3.05, 3.63) is 23.2 Å². The number of nitrogens with one attached hydrogen (secondary N) is 1. The van der Waals surface area contributed by atoms with Gasteiger partial charge in [0.1, 0.15) is 5.75 Å². The third kappa shape index (κ3) is 2.80. The fourth-order valence-electron chi connectivity index (χ4n) is 0.884. The first-order valence-electron chi connectivity index (χ1n) is 4.64. The third-order valence-electron chi connectivity index (χ3n) is 2.00. The van der Waals surface area contributed by atoms with E-state index in [0.717, 1.165) is 0 Å². The average molecular weight is 264 g/mol. The van der Waals surface area contributed by atoms with E-state index in [1.165, 1.54) is 18.2 Å². The Morgan fingerprint density at radius 2 is 1.88 bits per heavy atom. The number of phenolic OH excluding ortho intramolecular Hbond substituents is 1. The topological polar surface area (TPSA) is 66.4 Å². The van der Waals surface area contributed by atoms with E-state index in [1.54, 1.807) is 20.8 Å². The Bertz CT molecular complexity index is 491. The molecule has 16 heavy (non-hydrogen) atoms. The molecule has 1 aromatic carbocycles. The van der Waals surface area contributed by atoms with Gasteiger partial charge in [0.05, 0.1) is 15.5 Å². The van der Waals surface area contributed by atoms with Crippen molar-refractivity contribution in [2.24, 2.45) is 0 Å². The number of benzene rings is 1. The lowest BCUT2D eigenvalue weighted by Crippen LogP contribution is -2.33. The molecule has 0 aliphatic carbocycles. The van der Waals surface area contributed by atoms with E-state index in [4.69, 9.17) is 11.6 Å². The molecule has 0 fully saturated rings. The first-order valence-corrected chi connectivity index (χ1v) is 6.50. The normalized spacial score (nSPS) is 12.5. The average Bonchev–Trinajstić information content (AvgIpc) is 2.09. The third-order valence-corrected chi connectivity index (χ3v) is 4.44. The number of halogens is 1. The van der Waals surface area contributed by atoms with Crippen LogP contribution < -0.4 is 4.72 Å². The Morgan fingerprint density at radius 1 is 1.31 bits per heavy atom. The molecule has 0 bridgehead atoms. The van der Waals surface area contributed by atoms with Gasteiger partial charge < -0.3 is 5.11 Å². The lowest BCUT2D eigenvalue weighted by atomic mass is 10.3. The molecule has 0 radical (unpaired) electrons. The summed E-state index contributed by atoms with van der Waals surface area (Å²) in [5.41, 5.74) is 0.289. The predicted octanol–water partition coefficient (Wildman–Crippen LogP) is 2.59. The Kier molecular flexibility index (Phi) is 3.40. The van der Waals surface area contributed by atoms with Gasteiger partial charge in [-0.1, -0.05) is 11.6 Å². The molecule has 0 amide bonds. The quantitative estimate of drug-likeness (QED) is 0.862. The molecule has 4 nitrogen and oxygen atoms in total. The minimum Gasteiger partial charge on any atom is -0.506 e. The highest BCUT2D eigenvalue weighted by molar-refractivity contribution is 7.94. The highest BCUT2D eigenvalue weighted by Gasteiger charge is 2.28. The lowest BCUT2D eigenvalue weighted by Gasteiger charge is -2.20. The first kappa shape index (κ1) is 13.1. The van der Waals surface area contributed by atoms with Crippen molar-refractivity contribution >= 4 is 27.3 Å². The number of hydrogen-bond acceptors (Lipinski definition) is 3. The molecule has 6 heteroatoms. The summed E-state index contributed by atoms with van der Waals surface area (Å²) in [5, 5.41) is 9.51. The van der Waals surface area contributed by atoms with Crippen molar-refractivity contribution in [1.29, 1.82) is 0 Å². The molecule has 0 saturated heterocycles. The Balaban J connectivity index is 3.03. The fourth-order valence-corrected chi connectivity index (χ4v) is 1.75. The molecule has 0 aliphatic heterocycles. The molecular formula is C10H14ClNO3S. The van der Waals surface area contributed by atoms with E-state index in [-0.39, 0.29) is 16.5 Å². The van der Waals surface area contributed by atoms with Gasteiger partial charge in [0, 0.05) is 6.07 Å². The molecule has 0 saturated carbocycles. The maximum absolute atomic E-state index is 11.8. The van der Waals surface area contributed by atoms with Crippen LogP contribution in [0.1, 0.15) is 20.8 Å². The molecule has 0 unspecified atom stereocenters. The van der Waals surface area contributed by atoms with Gasteiger partial charge in [-0.25, -0.2) is 8.42 Å². The van der Waals surface area contributed by atoms with Crippen LogP contribution in [0.3, 0.4) is 0 Å². The van der Waals surface area contributed by atoms with Gasteiger partial charge in [-0.3, -0.25) is 4.72 Å². The van der Waals surface area contributed by atoms with Crippen molar-refractivity contribution in [2.75, 3.05) is 4.72 Å². The van der Waals surface area contributed by atoms with Gasteiger partial charge in [-0.15, -0.1) is 0 Å². The van der Waals surface area contributed by atoms with Crippen LogP contribution in [0.4, 0.5) is 5.69 Å². The maximum atomic E-state index is 11.8. The van der Waals surface area contributed by atoms with Gasteiger partial charge in [0.15, 0.2) is 0 Å². The first-order chi connectivity index (χ1) is 7.13. The lowest BCUT2D eigenvalue weighted by molar-refractivity contribution is 0.476. The summed E-state index contributed by atoms with van der Waals surface area (Å²) in [5.74, 6) is -0.157. The minimum absolute atomic E-state index is 0.157. The van der Waals surface area contributed by atoms with E-state index in [1.807, 2.05) is 0 Å². The second-order valence-corrected chi connectivity index (χ2v) is 7.23. The van der Waals surface area contributed by atoms with Crippen LogP contribution in [0, 0.1) is 0 Å². The summed E-state index contributed by atoms with van der Waals surface area (Å²) < 4.78 is 25.0. The number of hydrogen-bond donors (Lipinski definition) is 2. The zero-order chi connectivity index (χ0) is 12.6. The second kappa shape index (κ2) is 4.14. The SMILES string of the molecule is CC(C)(C)S(=O)(=O)Nc1ccc(Cl)c(O)c1. The molecule has 0 spiro atoms. The number of phenols is 1. The Morgan fingerprint density at radius 3 is 2.31 bits per heavy atom. The van der Waals surface area contributed by atoms with Crippen molar-refractivity contribution in [2.45, 2.75) is 25.5 Å². The molecule has 1 rings (SSSR count). The summed E-state index contributed by atoms with van der Waals surface area (Å²) >= 11 is 5.61. The zero-order valence-corrected chi connectivity index (χ0v) is 10.9. The highest BCUT2D eigenvalue weighted by Crippen LogP contribution is 2.28. The van der Waals surface area contributed by atoms with E-state index in [2.05, 4.69) is 4.72 Å². The Labute approximate surface area is 100 Å². The molecule has 2 N–H and O–H groups in total. The van der Waals surface area contributed by atoms with Crippen molar-refractivity contribution in [3.63, 3.8) is 0 Å².